The summed E-state index contributed by atoms with van der Waals surface area (Å²) in [6, 6.07) is 1.62. The van der Waals surface area contributed by atoms with Crippen LogP contribution >= 0.6 is 0 Å². The van der Waals surface area contributed by atoms with E-state index in [1.165, 1.54) is 70.8 Å². The largest absolute Gasteiger partial charge is 0.317 e. The van der Waals surface area contributed by atoms with Crippen LogP contribution in [0.3, 0.4) is 0 Å². The molecule has 2 atom stereocenters. The van der Waals surface area contributed by atoms with Crippen LogP contribution in [0, 0.1) is 11.8 Å². The minimum Gasteiger partial charge on any atom is -0.317 e. The molecule has 0 aromatic rings. The van der Waals surface area contributed by atoms with Gasteiger partial charge in [-0.3, -0.25) is 0 Å². The van der Waals surface area contributed by atoms with Gasteiger partial charge in [-0.2, -0.15) is 0 Å². The van der Waals surface area contributed by atoms with E-state index in [2.05, 4.69) is 31.2 Å². The Kier molecular flexibility index (Phi) is 6.83. The smallest absolute Gasteiger partial charge is 0.0104 e. The zero-order chi connectivity index (χ0) is 14.4. The van der Waals surface area contributed by atoms with Crippen LogP contribution in [0.25, 0.3) is 0 Å². The normalized spacial score (nSPS) is 36.0. The van der Waals surface area contributed by atoms with Gasteiger partial charge in [-0.15, -0.1) is 0 Å². The summed E-state index contributed by atoms with van der Waals surface area (Å²) in [5, 5.41) is 3.59. The zero-order valence-corrected chi connectivity index (χ0v) is 14.0. The lowest BCUT2D eigenvalue weighted by molar-refractivity contribution is 0.131. The third-order valence-electron chi connectivity index (χ3n) is 6.07. The summed E-state index contributed by atoms with van der Waals surface area (Å²) in [4.78, 5) is 2.70. The fourth-order valence-corrected chi connectivity index (χ4v) is 4.50. The van der Waals surface area contributed by atoms with Crippen molar-refractivity contribution in [1.82, 2.24) is 10.2 Å². The fourth-order valence-electron chi connectivity index (χ4n) is 4.50. The second-order valence-electron chi connectivity index (χ2n) is 7.32. The lowest BCUT2D eigenvalue weighted by Gasteiger charge is -2.37. The second kappa shape index (κ2) is 8.38. The molecule has 0 aromatic carbocycles. The second-order valence-corrected chi connectivity index (χ2v) is 7.32. The van der Waals surface area contributed by atoms with Crippen LogP contribution in [0.1, 0.15) is 71.1 Å². The molecule has 2 saturated carbocycles. The van der Waals surface area contributed by atoms with E-state index in [1.54, 1.807) is 0 Å². The SMILES string of the molecule is CCC1CCC(N(C)CC2CCCCCC2NC)CC1. The Hall–Kier alpha value is -0.0800. The summed E-state index contributed by atoms with van der Waals surface area (Å²) in [5.74, 6) is 1.89. The van der Waals surface area contributed by atoms with Crippen LogP contribution in [0.2, 0.25) is 0 Å². The number of nitrogens with zero attached hydrogens (tertiary/aromatic N) is 1. The fraction of sp³-hybridized carbons (Fsp3) is 1.00. The van der Waals surface area contributed by atoms with E-state index in [-0.39, 0.29) is 0 Å². The van der Waals surface area contributed by atoms with Gasteiger partial charge in [-0.1, -0.05) is 32.6 Å². The van der Waals surface area contributed by atoms with Crippen molar-refractivity contribution in [2.75, 3.05) is 20.6 Å². The van der Waals surface area contributed by atoms with Crippen LogP contribution in [0.15, 0.2) is 0 Å². The molecule has 0 bridgehead atoms. The van der Waals surface area contributed by atoms with Crippen molar-refractivity contribution in [1.29, 1.82) is 0 Å². The first-order chi connectivity index (χ1) is 9.74. The Morgan fingerprint density at radius 3 is 2.30 bits per heavy atom. The highest BCUT2D eigenvalue weighted by Gasteiger charge is 2.28. The minimum absolute atomic E-state index is 0.756. The molecule has 118 valence electrons. The van der Waals surface area contributed by atoms with Gasteiger partial charge in [0.05, 0.1) is 0 Å². The average molecular weight is 281 g/mol. The highest BCUT2D eigenvalue weighted by molar-refractivity contribution is 4.84. The molecule has 0 aliphatic heterocycles. The monoisotopic (exact) mass is 280 g/mol. The van der Waals surface area contributed by atoms with Gasteiger partial charge >= 0.3 is 0 Å². The van der Waals surface area contributed by atoms with Crippen molar-refractivity contribution < 1.29 is 0 Å². The third-order valence-corrected chi connectivity index (χ3v) is 6.07. The number of hydrogen-bond acceptors (Lipinski definition) is 2. The number of nitrogens with one attached hydrogen (secondary N) is 1. The van der Waals surface area contributed by atoms with Crippen LogP contribution in [-0.4, -0.2) is 37.6 Å². The molecule has 2 fully saturated rings. The van der Waals surface area contributed by atoms with Gasteiger partial charge in [0.15, 0.2) is 0 Å². The molecule has 2 aliphatic rings. The molecule has 0 saturated heterocycles. The maximum atomic E-state index is 3.59. The molecule has 2 rings (SSSR count). The summed E-state index contributed by atoms with van der Waals surface area (Å²) in [7, 11) is 4.55. The summed E-state index contributed by atoms with van der Waals surface area (Å²) in [6.07, 6.45) is 14.3. The topological polar surface area (TPSA) is 15.3 Å². The van der Waals surface area contributed by atoms with E-state index >= 15 is 0 Å². The first-order valence-corrected chi connectivity index (χ1v) is 9.12. The molecule has 0 aromatic heterocycles. The van der Waals surface area contributed by atoms with Crippen molar-refractivity contribution in [3.63, 3.8) is 0 Å². The predicted molar refractivity (Wildman–Crippen MR) is 88.1 cm³/mol. The van der Waals surface area contributed by atoms with Crippen molar-refractivity contribution in [3.8, 4) is 0 Å². The Bertz CT molecular complexity index is 258. The minimum atomic E-state index is 0.756. The third kappa shape index (κ3) is 4.46. The van der Waals surface area contributed by atoms with Gasteiger partial charge in [0.1, 0.15) is 0 Å². The van der Waals surface area contributed by atoms with Crippen LogP contribution < -0.4 is 5.32 Å². The lowest BCUT2D eigenvalue weighted by Crippen LogP contribution is -2.43. The quantitative estimate of drug-likeness (QED) is 0.764. The molecule has 0 heterocycles. The van der Waals surface area contributed by atoms with E-state index in [1.807, 2.05) is 0 Å². The van der Waals surface area contributed by atoms with Crippen molar-refractivity contribution >= 4 is 0 Å². The van der Waals surface area contributed by atoms with Gasteiger partial charge in [0.25, 0.3) is 0 Å². The van der Waals surface area contributed by atoms with Gasteiger partial charge in [0, 0.05) is 18.6 Å². The molecule has 2 unspecified atom stereocenters. The molecule has 0 amide bonds. The first kappa shape index (κ1) is 16.3. The van der Waals surface area contributed by atoms with Crippen molar-refractivity contribution in [3.05, 3.63) is 0 Å². The molecule has 2 nitrogen and oxygen atoms in total. The summed E-state index contributed by atoms with van der Waals surface area (Å²) in [6.45, 7) is 3.67. The van der Waals surface area contributed by atoms with E-state index < -0.39 is 0 Å². The zero-order valence-electron chi connectivity index (χ0n) is 14.0. The number of hydrogen-bond donors (Lipinski definition) is 1. The van der Waals surface area contributed by atoms with Crippen LogP contribution in [0.4, 0.5) is 0 Å². The number of rotatable bonds is 5. The van der Waals surface area contributed by atoms with Crippen molar-refractivity contribution in [2.24, 2.45) is 11.8 Å². The maximum absolute atomic E-state index is 3.59. The van der Waals surface area contributed by atoms with E-state index in [4.69, 9.17) is 0 Å². The Morgan fingerprint density at radius 1 is 0.950 bits per heavy atom. The summed E-state index contributed by atoms with van der Waals surface area (Å²) < 4.78 is 0. The average Bonchev–Trinajstić information content (AvgIpc) is 2.72. The predicted octanol–water partition coefficient (Wildman–Crippen LogP) is 4.06. The van der Waals surface area contributed by atoms with E-state index in [0.717, 1.165) is 23.9 Å². The summed E-state index contributed by atoms with van der Waals surface area (Å²) >= 11 is 0. The molecular formula is C18H36N2. The molecule has 20 heavy (non-hydrogen) atoms. The Labute approximate surface area is 126 Å². The van der Waals surface area contributed by atoms with Gasteiger partial charge < -0.3 is 10.2 Å². The highest BCUT2D eigenvalue weighted by atomic mass is 15.1. The lowest BCUT2D eigenvalue weighted by atomic mass is 9.83. The first-order valence-electron chi connectivity index (χ1n) is 9.12. The summed E-state index contributed by atoms with van der Waals surface area (Å²) in [5.41, 5.74) is 0. The standard InChI is InChI=1S/C18H36N2/c1-4-15-10-12-17(13-11-15)20(3)14-16-8-6-5-7-9-18(16)19-2/h15-19H,4-14H2,1-3H3. The molecule has 0 radical (unpaired) electrons. The molecule has 2 heteroatoms. The highest BCUT2D eigenvalue weighted by Crippen LogP contribution is 2.31. The van der Waals surface area contributed by atoms with E-state index in [9.17, 15) is 0 Å². The van der Waals surface area contributed by atoms with Crippen LogP contribution in [0.5, 0.6) is 0 Å². The van der Waals surface area contributed by atoms with Gasteiger partial charge in [-0.05, 0) is 64.5 Å². The Morgan fingerprint density at radius 2 is 1.65 bits per heavy atom. The van der Waals surface area contributed by atoms with Crippen molar-refractivity contribution in [2.45, 2.75) is 83.2 Å². The maximum Gasteiger partial charge on any atom is 0.0104 e. The van der Waals surface area contributed by atoms with Gasteiger partial charge in [-0.25, -0.2) is 0 Å². The van der Waals surface area contributed by atoms with Gasteiger partial charge in [0.2, 0.25) is 0 Å². The van der Waals surface area contributed by atoms with Crippen LogP contribution in [-0.2, 0) is 0 Å². The molecule has 0 spiro atoms. The van der Waals surface area contributed by atoms with E-state index in [0.29, 0.717) is 0 Å². The molecule has 2 aliphatic carbocycles. The Balaban J connectivity index is 1.81. The molecule has 1 N–H and O–H groups in total. The molecular weight excluding hydrogens is 244 g/mol.